The van der Waals surface area contributed by atoms with Gasteiger partial charge in [-0.25, -0.2) is 0 Å². The highest BCUT2D eigenvalue weighted by atomic mass is 35.5. The normalized spacial score (nSPS) is 22.4. The molecule has 2 unspecified atom stereocenters. The molecule has 1 aromatic carbocycles. The topological polar surface area (TPSA) is 49.4 Å². The fraction of sp³-hybridized carbons (Fsp3) is 0.467. The molecule has 0 aliphatic carbocycles. The monoisotopic (exact) mass is 294 g/mol. The molecule has 0 spiro atoms. The van der Waals surface area contributed by atoms with Crippen LogP contribution in [0.1, 0.15) is 33.1 Å². The lowest BCUT2D eigenvalue weighted by atomic mass is 9.97. The van der Waals surface area contributed by atoms with E-state index in [4.69, 9.17) is 11.6 Å². The van der Waals surface area contributed by atoms with Gasteiger partial charge in [-0.15, -0.1) is 0 Å². The summed E-state index contributed by atoms with van der Waals surface area (Å²) in [4.78, 5) is 26.1. The zero-order valence-electron chi connectivity index (χ0n) is 11.7. The third-order valence-electron chi connectivity index (χ3n) is 3.74. The van der Waals surface area contributed by atoms with Gasteiger partial charge >= 0.3 is 11.8 Å². The van der Waals surface area contributed by atoms with E-state index in [1.54, 1.807) is 29.2 Å². The molecule has 0 bridgehead atoms. The zero-order valence-corrected chi connectivity index (χ0v) is 12.5. The van der Waals surface area contributed by atoms with Gasteiger partial charge in [-0.05, 0) is 45.2 Å². The predicted octanol–water partition coefficient (Wildman–Crippen LogP) is 3.07. The van der Waals surface area contributed by atoms with Crippen molar-refractivity contribution in [3.8, 4) is 0 Å². The number of carbonyl (C=O) groups excluding carboxylic acids is 2. The largest absolute Gasteiger partial charge is 0.329 e. The Balaban J connectivity index is 2.09. The Kier molecular flexibility index (Phi) is 4.65. The second-order valence-corrected chi connectivity index (χ2v) is 5.68. The van der Waals surface area contributed by atoms with Gasteiger partial charge in [-0.2, -0.15) is 0 Å². The Morgan fingerprint density at radius 2 is 1.80 bits per heavy atom. The standard InChI is InChI=1S/C15H19ClN2O2/c1-10-6-5-7-11(2)18(10)15(20)14(19)17-13-9-4-3-8-12(13)16/h3-4,8-11H,5-7H2,1-2H3,(H,17,19). The Labute approximate surface area is 124 Å². The van der Waals surface area contributed by atoms with Crippen LogP contribution in [0, 0.1) is 0 Å². The first-order chi connectivity index (χ1) is 9.50. The minimum atomic E-state index is -0.626. The summed E-state index contributed by atoms with van der Waals surface area (Å²) in [5.74, 6) is -1.11. The molecule has 1 aliphatic heterocycles. The van der Waals surface area contributed by atoms with Crippen molar-refractivity contribution < 1.29 is 9.59 Å². The average molecular weight is 295 g/mol. The van der Waals surface area contributed by atoms with E-state index in [1.165, 1.54) is 0 Å². The molecule has 5 heteroatoms. The molecular weight excluding hydrogens is 276 g/mol. The fourth-order valence-electron chi connectivity index (χ4n) is 2.68. The average Bonchev–Trinajstić information content (AvgIpc) is 2.41. The third-order valence-corrected chi connectivity index (χ3v) is 4.07. The highest BCUT2D eigenvalue weighted by Gasteiger charge is 2.32. The molecule has 2 rings (SSSR count). The minimum Gasteiger partial charge on any atom is -0.329 e. The van der Waals surface area contributed by atoms with Crippen LogP contribution in [-0.2, 0) is 9.59 Å². The number of benzene rings is 1. The van der Waals surface area contributed by atoms with Crippen LogP contribution in [-0.4, -0.2) is 28.8 Å². The number of anilines is 1. The SMILES string of the molecule is CC1CCCC(C)N1C(=O)C(=O)Nc1ccccc1Cl. The minimum absolute atomic E-state index is 0.100. The number of para-hydroxylation sites is 1. The molecule has 1 saturated heterocycles. The molecule has 2 atom stereocenters. The Morgan fingerprint density at radius 3 is 2.40 bits per heavy atom. The number of halogens is 1. The fourth-order valence-corrected chi connectivity index (χ4v) is 2.86. The highest BCUT2D eigenvalue weighted by molar-refractivity contribution is 6.41. The molecule has 108 valence electrons. The van der Waals surface area contributed by atoms with E-state index in [9.17, 15) is 9.59 Å². The second kappa shape index (κ2) is 6.27. The van der Waals surface area contributed by atoms with Gasteiger partial charge in [0, 0.05) is 12.1 Å². The number of nitrogens with one attached hydrogen (secondary N) is 1. The van der Waals surface area contributed by atoms with Crippen LogP contribution in [0.4, 0.5) is 5.69 Å². The van der Waals surface area contributed by atoms with Crippen molar-refractivity contribution in [3.05, 3.63) is 29.3 Å². The Morgan fingerprint density at radius 1 is 1.20 bits per heavy atom. The number of nitrogens with zero attached hydrogens (tertiary/aromatic N) is 1. The summed E-state index contributed by atoms with van der Waals surface area (Å²) in [6.45, 7) is 3.96. The zero-order chi connectivity index (χ0) is 14.7. The molecule has 1 fully saturated rings. The van der Waals surface area contributed by atoms with E-state index in [2.05, 4.69) is 5.32 Å². The Bertz CT molecular complexity index is 508. The van der Waals surface area contributed by atoms with Crippen molar-refractivity contribution in [2.24, 2.45) is 0 Å². The number of likely N-dealkylation sites (tertiary alicyclic amines) is 1. The maximum absolute atomic E-state index is 12.3. The van der Waals surface area contributed by atoms with Crippen LogP contribution in [0.3, 0.4) is 0 Å². The van der Waals surface area contributed by atoms with E-state index < -0.39 is 11.8 Å². The number of hydrogen-bond donors (Lipinski definition) is 1. The first kappa shape index (κ1) is 14.9. The maximum atomic E-state index is 12.3. The van der Waals surface area contributed by atoms with Gasteiger partial charge in [0.25, 0.3) is 0 Å². The van der Waals surface area contributed by atoms with Gasteiger partial charge in [-0.1, -0.05) is 23.7 Å². The van der Waals surface area contributed by atoms with Crippen LogP contribution >= 0.6 is 11.6 Å². The number of hydrogen-bond acceptors (Lipinski definition) is 2. The summed E-state index contributed by atoms with van der Waals surface area (Å²) >= 11 is 5.98. The summed E-state index contributed by atoms with van der Waals surface area (Å²) in [5, 5.41) is 3.01. The first-order valence-corrected chi connectivity index (χ1v) is 7.26. The van der Waals surface area contributed by atoms with Crippen molar-refractivity contribution in [1.82, 2.24) is 4.90 Å². The molecule has 0 saturated carbocycles. The molecule has 1 N–H and O–H groups in total. The highest BCUT2D eigenvalue weighted by Crippen LogP contribution is 2.24. The van der Waals surface area contributed by atoms with Crippen molar-refractivity contribution >= 4 is 29.1 Å². The van der Waals surface area contributed by atoms with Crippen LogP contribution in [0.15, 0.2) is 24.3 Å². The van der Waals surface area contributed by atoms with Gasteiger partial charge in [0.05, 0.1) is 10.7 Å². The van der Waals surface area contributed by atoms with E-state index >= 15 is 0 Å². The number of carbonyl (C=O) groups is 2. The molecule has 1 aromatic rings. The number of rotatable bonds is 1. The van der Waals surface area contributed by atoms with Gasteiger partial charge in [0.2, 0.25) is 0 Å². The summed E-state index contributed by atoms with van der Waals surface area (Å²) in [5.41, 5.74) is 0.463. The molecule has 2 amide bonds. The van der Waals surface area contributed by atoms with Crippen LogP contribution in [0.25, 0.3) is 0 Å². The molecule has 20 heavy (non-hydrogen) atoms. The van der Waals surface area contributed by atoms with Gasteiger partial charge in [0.1, 0.15) is 0 Å². The first-order valence-electron chi connectivity index (χ1n) is 6.89. The second-order valence-electron chi connectivity index (χ2n) is 5.28. The number of amides is 2. The predicted molar refractivity (Wildman–Crippen MR) is 79.7 cm³/mol. The Hall–Kier alpha value is -1.55. The molecule has 1 aliphatic rings. The van der Waals surface area contributed by atoms with Gasteiger partial charge < -0.3 is 10.2 Å². The summed E-state index contributed by atoms with van der Waals surface area (Å²) in [6.07, 6.45) is 2.98. The third kappa shape index (κ3) is 3.12. The lowest BCUT2D eigenvalue weighted by Gasteiger charge is -2.38. The summed E-state index contributed by atoms with van der Waals surface area (Å²) in [7, 11) is 0. The van der Waals surface area contributed by atoms with Crippen molar-refractivity contribution in [2.45, 2.75) is 45.2 Å². The van der Waals surface area contributed by atoms with Crippen LogP contribution in [0.2, 0.25) is 5.02 Å². The van der Waals surface area contributed by atoms with E-state index in [1.807, 2.05) is 13.8 Å². The number of piperidine rings is 1. The van der Waals surface area contributed by atoms with Crippen molar-refractivity contribution in [1.29, 1.82) is 0 Å². The smallest absolute Gasteiger partial charge is 0.313 e. The van der Waals surface area contributed by atoms with Gasteiger partial charge in [0.15, 0.2) is 0 Å². The lowest BCUT2D eigenvalue weighted by Crippen LogP contribution is -2.51. The van der Waals surface area contributed by atoms with Gasteiger partial charge in [-0.3, -0.25) is 9.59 Å². The lowest BCUT2D eigenvalue weighted by molar-refractivity contribution is -0.147. The van der Waals surface area contributed by atoms with Crippen LogP contribution in [0.5, 0.6) is 0 Å². The van der Waals surface area contributed by atoms with E-state index in [0.29, 0.717) is 10.7 Å². The maximum Gasteiger partial charge on any atom is 0.313 e. The van der Waals surface area contributed by atoms with E-state index in [0.717, 1.165) is 19.3 Å². The molecular formula is C15H19ClN2O2. The summed E-state index contributed by atoms with van der Waals surface area (Å²) < 4.78 is 0. The summed E-state index contributed by atoms with van der Waals surface area (Å²) in [6, 6.07) is 7.09. The van der Waals surface area contributed by atoms with Crippen LogP contribution < -0.4 is 5.32 Å². The van der Waals surface area contributed by atoms with E-state index in [-0.39, 0.29) is 12.1 Å². The quantitative estimate of drug-likeness (QED) is 0.809. The molecule has 4 nitrogen and oxygen atoms in total. The molecule has 0 radical (unpaired) electrons. The van der Waals surface area contributed by atoms with Crippen molar-refractivity contribution in [2.75, 3.05) is 5.32 Å². The van der Waals surface area contributed by atoms with Crippen molar-refractivity contribution in [3.63, 3.8) is 0 Å². The molecule has 1 heterocycles. The molecule has 0 aromatic heterocycles.